The lowest BCUT2D eigenvalue weighted by Crippen LogP contribution is -2.20. The minimum atomic E-state index is -0.546. The summed E-state index contributed by atoms with van der Waals surface area (Å²) in [7, 11) is 1.35. The first kappa shape index (κ1) is 13.5. The summed E-state index contributed by atoms with van der Waals surface area (Å²) in [6.45, 7) is 2.45. The molecule has 0 amide bonds. The zero-order chi connectivity index (χ0) is 12.7. The highest BCUT2D eigenvalue weighted by molar-refractivity contribution is 5.69. The van der Waals surface area contributed by atoms with Gasteiger partial charge < -0.3 is 15.2 Å². The smallest absolute Gasteiger partial charge is 0.305 e. The van der Waals surface area contributed by atoms with E-state index in [0.717, 1.165) is 5.69 Å². The van der Waals surface area contributed by atoms with Gasteiger partial charge in [0.1, 0.15) is 0 Å². The van der Waals surface area contributed by atoms with Crippen molar-refractivity contribution in [2.75, 3.05) is 19.0 Å². The van der Waals surface area contributed by atoms with Crippen LogP contribution in [-0.2, 0) is 9.53 Å². The second-order valence-corrected chi connectivity index (χ2v) is 4.02. The maximum Gasteiger partial charge on any atom is 0.305 e. The Bertz CT molecular complexity index is 348. The molecule has 0 fully saturated rings. The van der Waals surface area contributed by atoms with E-state index in [1.807, 2.05) is 31.2 Å². The number of aryl methyl sites for hydroxylation is 1. The van der Waals surface area contributed by atoms with Crippen LogP contribution in [0.4, 0.5) is 5.69 Å². The lowest BCUT2D eigenvalue weighted by atomic mass is 10.2. The van der Waals surface area contributed by atoms with Gasteiger partial charge in [-0.25, -0.2) is 0 Å². The molecule has 0 aliphatic heterocycles. The van der Waals surface area contributed by atoms with Crippen LogP contribution in [0.3, 0.4) is 0 Å². The molecule has 0 saturated carbocycles. The normalized spacial score (nSPS) is 11.9. The molecule has 0 aromatic heterocycles. The van der Waals surface area contributed by atoms with Crippen molar-refractivity contribution in [2.24, 2.45) is 0 Å². The summed E-state index contributed by atoms with van der Waals surface area (Å²) < 4.78 is 4.51. The predicted octanol–water partition coefficient (Wildman–Crippen LogP) is 1.72. The zero-order valence-electron chi connectivity index (χ0n) is 10.3. The van der Waals surface area contributed by atoms with Crippen LogP contribution in [0, 0.1) is 6.92 Å². The van der Waals surface area contributed by atoms with Crippen LogP contribution in [0.25, 0.3) is 0 Å². The minimum Gasteiger partial charge on any atom is -0.469 e. The molecule has 0 spiro atoms. The number of carbonyl (C=O) groups is 1. The Kier molecular flexibility index (Phi) is 5.49. The summed E-state index contributed by atoms with van der Waals surface area (Å²) in [6.07, 6.45) is 0.106. The van der Waals surface area contributed by atoms with E-state index >= 15 is 0 Å². The summed E-state index contributed by atoms with van der Waals surface area (Å²) in [4.78, 5) is 10.9. The van der Waals surface area contributed by atoms with Crippen molar-refractivity contribution in [1.82, 2.24) is 0 Å². The third kappa shape index (κ3) is 5.36. The van der Waals surface area contributed by atoms with Crippen molar-refractivity contribution < 1.29 is 14.6 Å². The largest absolute Gasteiger partial charge is 0.469 e. The van der Waals surface area contributed by atoms with Gasteiger partial charge in [-0.3, -0.25) is 4.79 Å². The lowest BCUT2D eigenvalue weighted by molar-refractivity contribution is -0.141. The molecule has 0 heterocycles. The number of hydrogen-bond acceptors (Lipinski definition) is 4. The van der Waals surface area contributed by atoms with Gasteiger partial charge in [-0.1, -0.05) is 17.7 Å². The number of hydrogen-bond donors (Lipinski definition) is 2. The van der Waals surface area contributed by atoms with Gasteiger partial charge in [0.15, 0.2) is 0 Å². The Morgan fingerprint density at radius 1 is 1.41 bits per heavy atom. The Labute approximate surface area is 102 Å². The molecule has 1 rings (SSSR count). The number of benzene rings is 1. The number of esters is 1. The van der Waals surface area contributed by atoms with Crippen LogP contribution in [0.1, 0.15) is 18.4 Å². The Morgan fingerprint density at radius 3 is 2.65 bits per heavy atom. The number of carbonyl (C=O) groups excluding carboxylic acids is 1. The molecule has 2 N–H and O–H groups in total. The van der Waals surface area contributed by atoms with E-state index in [-0.39, 0.29) is 12.4 Å². The van der Waals surface area contributed by atoms with Crippen LogP contribution in [0.15, 0.2) is 24.3 Å². The molecule has 17 heavy (non-hydrogen) atoms. The maximum absolute atomic E-state index is 10.9. The zero-order valence-corrected chi connectivity index (χ0v) is 10.3. The Morgan fingerprint density at radius 2 is 2.06 bits per heavy atom. The van der Waals surface area contributed by atoms with E-state index in [2.05, 4.69) is 10.1 Å². The van der Waals surface area contributed by atoms with Crippen molar-refractivity contribution in [3.05, 3.63) is 29.8 Å². The van der Waals surface area contributed by atoms with Crippen LogP contribution in [-0.4, -0.2) is 30.8 Å². The van der Waals surface area contributed by atoms with Gasteiger partial charge in [-0.2, -0.15) is 0 Å². The van der Waals surface area contributed by atoms with Crippen LogP contribution < -0.4 is 5.32 Å². The monoisotopic (exact) mass is 237 g/mol. The van der Waals surface area contributed by atoms with E-state index in [9.17, 15) is 9.90 Å². The molecule has 1 unspecified atom stereocenters. The van der Waals surface area contributed by atoms with Crippen LogP contribution in [0.2, 0.25) is 0 Å². The minimum absolute atomic E-state index is 0.243. The Balaban J connectivity index is 2.25. The Hall–Kier alpha value is -1.55. The van der Waals surface area contributed by atoms with E-state index < -0.39 is 6.10 Å². The number of ether oxygens (including phenoxy) is 1. The van der Waals surface area contributed by atoms with Crippen LogP contribution >= 0.6 is 0 Å². The topological polar surface area (TPSA) is 58.6 Å². The van der Waals surface area contributed by atoms with E-state index in [0.29, 0.717) is 13.0 Å². The molecule has 0 aliphatic carbocycles. The fourth-order valence-corrected chi connectivity index (χ4v) is 1.40. The molecular weight excluding hydrogens is 218 g/mol. The van der Waals surface area contributed by atoms with Crippen molar-refractivity contribution in [3.63, 3.8) is 0 Å². The first-order valence-corrected chi connectivity index (χ1v) is 5.67. The van der Waals surface area contributed by atoms with E-state index in [1.54, 1.807) is 0 Å². The van der Waals surface area contributed by atoms with Gasteiger partial charge in [0.25, 0.3) is 0 Å². The maximum atomic E-state index is 10.9. The number of nitrogens with one attached hydrogen (secondary N) is 1. The molecule has 0 radical (unpaired) electrons. The number of anilines is 1. The summed E-state index contributed by atoms with van der Waals surface area (Å²) in [5.41, 5.74) is 2.16. The fraction of sp³-hybridized carbons (Fsp3) is 0.462. The molecule has 0 bridgehead atoms. The number of aliphatic hydroxyl groups is 1. The second kappa shape index (κ2) is 6.91. The van der Waals surface area contributed by atoms with Gasteiger partial charge in [-0.05, 0) is 25.5 Å². The number of methoxy groups -OCH3 is 1. The molecular formula is C13H19NO3. The SMILES string of the molecule is COC(=O)CCC(O)CNc1ccc(C)cc1. The lowest BCUT2D eigenvalue weighted by Gasteiger charge is -2.12. The fourth-order valence-electron chi connectivity index (χ4n) is 1.40. The summed E-state index contributed by atoms with van der Waals surface area (Å²) in [5, 5.41) is 12.8. The van der Waals surface area contributed by atoms with Crippen molar-refractivity contribution >= 4 is 11.7 Å². The third-order valence-corrected chi connectivity index (χ3v) is 2.50. The van der Waals surface area contributed by atoms with Crippen molar-refractivity contribution in [1.29, 1.82) is 0 Å². The number of rotatable bonds is 6. The molecule has 4 nitrogen and oxygen atoms in total. The van der Waals surface area contributed by atoms with Gasteiger partial charge in [0.05, 0.1) is 13.2 Å². The molecule has 1 aromatic carbocycles. The molecule has 4 heteroatoms. The van der Waals surface area contributed by atoms with E-state index in [1.165, 1.54) is 12.7 Å². The van der Waals surface area contributed by atoms with Gasteiger partial charge in [0.2, 0.25) is 0 Å². The molecule has 1 atom stereocenters. The van der Waals surface area contributed by atoms with Gasteiger partial charge in [0, 0.05) is 18.7 Å². The standard InChI is InChI=1S/C13H19NO3/c1-10-3-5-11(6-4-10)14-9-12(15)7-8-13(16)17-2/h3-6,12,14-15H,7-9H2,1-2H3. The molecule has 1 aromatic rings. The summed E-state index contributed by atoms with van der Waals surface area (Å²) >= 11 is 0. The average Bonchev–Trinajstić information content (AvgIpc) is 2.35. The highest BCUT2D eigenvalue weighted by Crippen LogP contribution is 2.09. The summed E-state index contributed by atoms with van der Waals surface area (Å²) in [6, 6.07) is 7.93. The molecule has 0 saturated heterocycles. The quantitative estimate of drug-likeness (QED) is 0.740. The van der Waals surface area contributed by atoms with Crippen LogP contribution in [0.5, 0.6) is 0 Å². The van der Waals surface area contributed by atoms with Gasteiger partial charge in [-0.15, -0.1) is 0 Å². The van der Waals surface area contributed by atoms with Crippen molar-refractivity contribution in [2.45, 2.75) is 25.9 Å². The summed E-state index contributed by atoms with van der Waals surface area (Å²) in [5.74, 6) is -0.292. The highest BCUT2D eigenvalue weighted by atomic mass is 16.5. The first-order chi connectivity index (χ1) is 8.11. The van der Waals surface area contributed by atoms with Crippen molar-refractivity contribution in [3.8, 4) is 0 Å². The molecule has 0 aliphatic rings. The number of aliphatic hydroxyl groups excluding tert-OH is 1. The average molecular weight is 237 g/mol. The predicted molar refractivity (Wildman–Crippen MR) is 66.9 cm³/mol. The van der Waals surface area contributed by atoms with Gasteiger partial charge >= 0.3 is 5.97 Å². The third-order valence-electron chi connectivity index (χ3n) is 2.50. The molecule has 94 valence electrons. The van der Waals surface area contributed by atoms with E-state index in [4.69, 9.17) is 0 Å². The highest BCUT2D eigenvalue weighted by Gasteiger charge is 2.07. The first-order valence-electron chi connectivity index (χ1n) is 5.67. The second-order valence-electron chi connectivity index (χ2n) is 4.02.